The van der Waals surface area contributed by atoms with Gasteiger partial charge in [-0.2, -0.15) is 4.68 Å². The molecule has 0 radical (unpaired) electrons. The molecule has 4 rings (SSSR count). The predicted molar refractivity (Wildman–Crippen MR) is 110 cm³/mol. The zero-order valence-electron chi connectivity index (χ0n) is 15.7. The van der Waals surface area contributed by atoms with Crippen LogP contribution in [0.4, 0.5) is 5.82 Å². The molecule has 2 aromatic heterocycles. The highest BCUT2D eigenvalue weighted by Crippen LogP contribution is 2.35. The molecule has 0 unspecified atom stereocenters. The number of methoxy groups -OCH3 is 2. The van der Waals surface area contributed by atoms with E-state index in [4.69, 9.17) is 15.2 Å². The van der Waals surface area contributed by atoms with E-state index < -0.39 is 5.97 Å². The van der Waals surface area contributed by atoms with E-state index >= 15 is 0 Å². The van der Waals surface area contributed by atoms with E-state index in [2.05, 4.69) is 15.3 Å². The molecule has 0 aliphatic carbocycles. The third-order valence-corrected chi connectivity index (χ3v) is 5.18. The molecule has 8 nitrogen and oxygen atoms in total. The maximum atomic E-state index is 11.6. The minimum atomic E-state index is -0.407. The van der Waals surface area contributed by atoms with Gasteiger partial charge in [0.2, 0.25) is 0 Å². The molecular weight excluding hydrogens is 390 g/mol. The number of ether oxygens (including phenoxy) is 2. The van der Waals surface area contributed by atoms with Crippen LogP contribution in [0.3, 0.4) is 0 Å². The lowest BCUT2D eigenvalue weighted by Crippen LogP contribution is -2.04. The average molecular weight is 407 g/mol. The van der Waals surface area contributed by atoms with Gasteiger partial charge in [0.15, 0.2) is 11.5 Å². The van der Waals surface area contributed by atoms with Crippen LogP contribution in [0.1, 0.15) is 10.4 Å². The Labute approximate surface area is 170 Å². The van der Waals surface area contributed by atoms with Crippen molar-refractivity contribution in [2.24, 2.45) is 0 Å². The second-order valence-corrected chi connectivity index (χ2v) is 6.87. The van der Waals surface area contributed by atoms with Gasteiger partial charge in [0.1, 0.15) is 10.8 Å². The molecule has 0 aliphatic heterocycles. The topological polar surface area (TPSA) is 105 Å². The molecule has 0 saturated heterocycles. The lowest BCUT2D eigenvalue weighted by molar-refractivity contribution is 0.0600. The number of esters is 1. The van der Waals surface area contributed by atoms with Crippen molar-refractivity contribution in [2.75, 3.05) is 20.0 Å². The predicted octanol–water partition coefficient (Wildman–Crippen LogP) is 3.44. The number of nitrogen functional groups attached to an aromatic ring is 1. The molecule has 146 valence electrons. The number of hydrogen-bond acceptors (Lipinski definition) is 8. The van der Waals surface area contributed by atoms with Gasteiger partial charge in [-0.05, 0) is 36.4 Å². The van der Waals surface area contributed by atoms with Crippen LogP contribution in [0.2, 0.25) is 0 Å². The lowest BCUT2D eigenvalue weighted by Gasteiger charge is -2.05. The normalized spacial score (nSPS) is 10.7. The molecule has 0 fully saturated rings. The van der Waals surface area contributed by atoms with Crippen molar-refractivity contribution >= 4 is 23.1 Å². The zero-order valence-corrected chi connectivity index (χ0v) is 16.5. The minimum absolute atomic E-state index is 0.358. The molecular formula is C20H17N5O3S. The largest absolute Gasteiger partial charge is 0.496 e. The maximum absolute atomic E-state index is 11.6. The molecule has 0 saturated carbocycles. The minimum Gasteiger partial charge on any atom is -0.496 e. The van der Waals surface area contributed by atoms with E-state index in [1.165, 1.54) is 23.1 Å². The number of carbonyl (C=O) groups excluding carboxylic acids is 1. The highest BCUT2D eigenvalue weighted by atomic mass is 32.1. The third-order valence-electron chi connectivity index (χ3n) is 4.33. The standard InChI is InChI=1S/C20H17N5O3S/c1-27-16-6-4-3-5-14(16)15-11-29-19(22-15)17-18(21)25(24-23-17)13-9-7-12(8-10-13)20(26)28-2/h3-11H,21H2,1-2H3. The Morgan fingerprint density at radius 3 is 2.59 bits per heavy atom. The van der Waals surface area contributed by atoms with Crippen molar-refractivity contribution in [1.82, 2.24) is 20.0 Å². The van der Waals surface area contributed by atoms with E-state index in [1.807, 2.05) is 29.6 Å². The average Bonchev–Trinajstić information content (AvgIpc) is 3.40. The number of anilines is 1. The summed E-state index contributed by atoms with van der Waals surface area (Å²) in [5.41, 5.74) is 9.56. The van der Waals surface area contributed by atoms with E-state index in [-0.39, 0.29) is 0 Å². The first-order chi connectivity index (χ1) is 14.1. The smallest absolute Gasteiger partial charge is 0.337 e. The molecule has 29 heavy (non-hydrogen) atoms. The maximum Gasteiger partial charge on any atom is 0.337 e. The van der Waals surface area contributed by atoms with Gasteiger partial charge in [0.05, 0.1) is 31.2 Å². The molecule has 4 aromatic rings. The van der Waals surface area contributed by atoms with Gasteiger partial charge in [-0.3, -0.25) is 0 Å². The molecule has 2 N–H and O–H groups in total. The van der Waals surface area contributed by atoms with Gasteiger partial charge in [0, 0.05) is 10.9 Å². The van der Waals surface area contributed by atoms with Gasteiger partial charge < -0.3 is 15.2 Å². The second-order valence-electron chi connectivity index (χ2n) is 6.01. The van der Waals surface area contributed by atoms with Gasteiger partial charge in [-0.25, -0.2) is 9.78 Å². The van der Waals surface area contributed by atoms with E-state index in [1.54, 1.807) is 31.4 Å². The number of hydrogen-bond donors (Lipinski definition) is 1. The van der Waals surface area contributed by atoms with Crippen LogP contribution in [0.5, 0.6) is 5.75 Å². The summed E-state index contributed by atoms with van der Waals surface area (Å²) >= 11 is 1.43. The fourth-order valence-corrected chi connectivity index (χ4v) is 3.66. The first-order valence-corrected chi connectivity index (χ1v) is 9.49. The van der Waals surface area contributed by atoms with Crippen molar-refractivity contribution in [3.8, 4) is 33.4 Å². The molecule has 0 spiro atoms. The van der Waals surface area contributed by atoms with Crippen LogP contribution in [-0.2, 0) is 4.74 Å². The van der Waals surface area contributed by atoms with Crippen molar-refractivity contribution in [3.63, 3.8) is 0 Å². The summed E-state index contributed by atoms with van der Waals surface area (Å²) in [7, 11) is 2.96. The molecule has 0 aliphatic rings. The van der Waals surface area contributed by atoms with Crippen molar-refractivity contribution in [1.29, 1.82) is 0 Å². The summed E-state index contributed by atoms with van der Waals surface area (Å²) in [4.78, 5) is 16.2. The third kappa shape index (κ3) is 3.43. The summed E-state index contributed by atoms with van der Waals surface area (Å²) in [6.07, 6.45) is 0. The van der Waals surface area contributed by atoms with Crippen LogP contribution in [0, 0.1) is 0 Å². The van der Waals surface area contributed by atoms with Gasteiger partial charge in [-0.1, -0.05) is 17.3 Å². The first-order valence-electron chi connectivity index (χ1n) is 8.61. The number of carbonyl (C=O) groups is 1. The summed E-state index contributed by atoms with van der Waals surface area (Å²) in [5, 5.41) is 10.9. The number of thiazole rings is 1. The number of rotatable bonds is 5. The Bertz CT molecular complexity index is 1170. The summed E-state index contributed by atoms with van der Waals surface area (Å²) in [6, 6.07) is 14.4. The lowest BCUT2D eigenvalue weighted by atomic mass is 10.1. The van der Waals surface area contributed by atoms with Crippen molar-refractivity contribution in [2.45, 2.75) is 0 Å². The monoisotopic (exact) mass is 407 g/mol. The number of nitrogens with zero attached hydrogens (tertiary/aromatic N) is 4. The fourth-order valence-electron chi connectivity index (χ4n) is 2.85. The van der Waals surface area contributed by atoms with Gasteiger partial charge in [-0.15, -0.1) is 16.4 Å². The van der Waals surface area contributed by atoms with Crippen LogP contribution in [0.15, 0.2) is 53.9 Å². The SMILES string of the molecule is COC(=O)c1ccc(-n2nnc(-c3nc(-c4ccccc4OC)cs3)c2N)cc1. The Morgan fingerprint density at radius 2 is 1.86 bits per heavy atom. The molecule has 2 heterocycles. The molecule has 9 heteroatoms. The Balaban J connectivity index is 1.66. The van der Waals surface area contributed by atoms with E-state index in [0.717, 1.165) is 17.0 Å². The molecule has 0 atom stereocenters. The summed E-state index contributed by atoms with van der Waals surface area (Å²) < 4.78 is 11.6. The summed E-state index contributed by atoms with van der Waals surface area (Å²) in [5.74, 6) is 0.693. The van der Waals surface area contributed by atoms with Crippen LogP contribution in [-0.4, -0.2) is 40.2 Å². The number of para-hydroxylation sites is 1. The Morgan fingerprint density at radius 1 is 1.10 bits per heavy atom. The highest BCUT2D eigenvalue weighted by molar-refractivity contribution is 7.13. The number of benzene rings is 2. The number of aromatic nitrogens is 4. The van der Waals surface area contributed by atoms with E-state index in [0.29, 0.717) is 27.8 Å². The Kier molecular flexibility index (Phi) is 4.96. The quantitative estimate of drug-likeness (QED) is 0.505. The highest BCUT2D eigenvalue weighted by Gasteiger charge is 2.18. The van der Waals surface area contributed by atoms with Crippen LogP contribution in [0.25, 0.3) is 27.6 Å². The van der Waals surface area contributed by atoms with Gasteiger partial charge >= 0.3 is 5.97 Å². The van der Waals surface area contributed by atoms with Crippen LogP contribution < -0.4 is 10.5 Å². The van der Waals surface area contributed by atoms with Crippen molar-refractivity contribution < 1.29 is 14.3 Å². The second kappa shape index (κ2) is 7.72. The first kappa shape index (κ1) is 18.6. The molecule has 0 bridgehead atoms. The summed E-state index contributed by atoms with van der Waals surface area (Å²) in [6.45, 7) is 0. The zero-order chi connectivity index (χ0) is 20.4. The van der Waals surface area contributed by atoms with Crippen molar-refractivity contribution in [3.05, 3.63) is 59.5 Å². The van der Waals surface area contributed by atoms with Crippen LogP contribution >= 0.6 is 11.3 Å². The number of nitrogens with two attached hydrogens (primary N) is 1. The molecule has 0 amide bonds. The molecule has 2 aromatic carbocycles. The fraction of sp³-hybridized carbons (Fsp3) is 0.100. The van der Waals surface area contributed by atoms with E-state index in [9.17, 15) is 4.79 Å². The Hall–Kier alpha value is -3.72. The van der Waals surface area contributed by atoms with Gasteiger partial charge in [0.25, 0.3) is 0 Å².